The van der Waals surface area contributed by atoms with Crippen molar-refractivity contribution >= 4 is 5.91 Å². The van der Waals surface area contributed by atoms with E-state index in [2.05, 4.69) is 43.5 Å². The summed E-state index contributed by atoms with van der Waals surface area (Å²) in [6.45, 7) is 3.47. The van der Waals surface area contributed by atoms with Crippen LogP contribution >= 0.6 is 0 Å². The molecule has 0 radical (unpaired) electrons. The Hall–Kier alpha value is -1.41. The van der Waals surface area contributed by atoms with Crippen molar-refractivity contribution in [3.05, 3.63) is 24.3 Å². The number of carbonyl (C=O) groups is 1. The number of hydrogen-bond donors (Lipinski definition) is 8. The molecule has 8 N–H and O–H groups in total. The van der Waals surface area contributed by atoms with E-state index in [1.165, 1.54) is 218 Å². The molecule has 9 atom stereocenters. The molecule has 0 aliphatic carbocycles. The zero-order valence-electron chi connectivity index (χ0n) is 48.1. The molecule has 0 bridgehead atoms. The molecule has 1 amide bonds. The van der Waals surface area contributed by atoms with E-state index >= 15 is 0 Å². The fourth-order valence-corrected chi connectivity index (χ4v) is 10.3. The summed E-state index contributed by atoms with van der Waals surface area (Å²) in [5.41, 5.74) is 0. The summed E-state index contributed by atoms with van der Waals surface area (Å²) in [6, 6.07) is -1.19. The van der Waals surface area contributed by atoms with Crippen molar-refractivity contribution in [2.75, 3.05) is 13.2 Å². The van der Waals surface area contributed by atoms with Crippen LogP contribution in [0.3, 0.4) is 0 Å². The van der Waals surface area contributed by atoms with Crippen LogP contribution in [0.5, 0.6) is 0 Å². The van der Waals surface area contributed by atoms with Gasteiger partial charge in [0.05, 0.1) is 25.4 Å². The van der Waals surface area contributed by atoms with Gasteiger partial charge in [-0.05, 0) is 51.4 Å². The third kappa shape index (κ3) is 39.9. The van der Waals surface area contributed by atoms with Gasteiger partial charge in [0.1, 0.15) is 36.6 Å². The van der Waals surface area contributed by atoms with Crippen molar-refractivity contribution in [2.45, 2.75) is 358 Å². The first-order chi connectivity index (χ1) is 36.2. The Morgan fingerprint density at radius 3 is 1.20 bits per heavy atom. The first-order valence-corrected chi connectivity index (χ1v) is 31.7. The van der Waals surface area contributed by atoms with Crippen LogP contribution in [-0.2, 0) is 14.3 Å². The third-order valence-corrected chi connectivity index (χ3v) is 15.5. The van der Waals surface area contributed by atoms with Crippen molar-refractivity contribution in [1.29, 1.82) is 0 Å². The molecule has 438 valence electrons. The number of allylic oxidation sites excluding steroid dienone is 4. The van der Waals surface area contributed by atoms with Gasteiger partial charge in [-0.3, -0.25) is 4.79 Å². The molecule has 74 heavy (non-hydrogen) atoms. The van der Waals surface area contributed by atoms with Gasteiger partial charge >= 0.3 is 0 Å². The molecule has 1 heterocycles. The van der Waals surface area contributed by atoms with Gasteiger partial charge in [0.15, 0.2) is 6.29 Å². The minimum Gasteiger partial charge on any atom is -0.394 e. The van der Waals surface area contributed by atoms with E-state index in [4.69, 9.17) is 9.47 Å². The normalized spacial score (nSPS) is 19.9. The number of rotatable bonds is 55. The second kappa shape index (κ2) is 52.3. The van der Waals surface area contributed by atoms with Crippen LogP contribution in [-0.4, -0.2) is 110 Å². The molecule has 0 saturated carbocycles. The molecule has 1 saturated heterocycles. The van der Waals surface area contributed by atoms with Crippen LogP contribution in [0.15, 0.2) is 24.3 Å². The average molecular weight is 1050 g/mol. The molecular weight excluding hydrogens is 931 g/mol. The molecule has 0 spiro atoms. The summed E-state index contributed by atoms with van der Waals surface area (Å²) in [6.07, 6.45) is 52.6. The second-order valence-electron chi connectivity index (χ2n) is 22.5. The molecule has 1 fully saturated rings. The maximum Gasteiger partial charge on any atom is 0.249 e. The molecule has 0 aromatic heterocycles. The standard InChI is InChI=1S/C63H121NO10/c1-3-5-7-9-11-13-15-17-19-21-22-23-24-25-26-27-28-29-30-31-32-33-34-35-37-38-40-42-44-46-48-50-55(66)58(68)54(53-73-63-61(71)60(70)59(69)57(52-65)74-63)64-62(72)56(67)51-49-47-45-43-41-39-36-20-18-16-14-12-10-8-6-4-2/h35,37,42,44,54-61,63,65-71H,3-34,36,38-41,43,45-53H2,1-2H3,(H,64,72)/b37-35+,44-42+. The van der Waals surface area contributed by atoms with E-state index in [1.807, 2.05) is 0 Å². The summed E-state index contributed by atoms with van der Waals surface area (Å²) in [5, 5.41) is 76.2. The van der Waals surface area contributed by atoms with Crippen molar-refractivity contribution in [1.82, 2.24) is 5.32 Å². The van der Waals surface area contributed by atoms with Crippen LogP contribution < -0.4 is 5.32 Å². The number of nitrogens with one attached hydrogen (secondary N) is 1. The topological polar surface area (TPSA) is 189 Å². The Labute approximate surface area is 454 Å². The Kier molecular flexibility index (Phi) is 49.9. The summed E-state index contributed by atoms with van der Waals surface area (Å²) in [5.74, 6) is -0.706. The number of amides is 1. The SMILES string of the molecule is CCCCCCCCCCCCCCCCCCCCCCCC/C=C/CC/C=C/CCCC(O)C(O)C(COC1OC(CO)C(O)C(O)C1O)NC(=O)C(O)CCCCCCCCCCCCCCCCCC. The summed E-state index contributed by atoms with van der Waals surface area (Å²) >= 11 is 0. The maximum absolute atomic E-state index is 13.2. The minimum atomic E-state index is -1.67. The molecule has 0 aromatic carbocycles. The van der Waals surface area contributed by atoms with Crippen LogP contribution in [0.2, 0.25) is 0 Å². The van der Waals surface area contributed by atoms with Gasteiger partial charge in [-0.2, -0.15) is 0 Å². The zero-order chi connectivity index (χ0) is 54.0. The summed E-state index contributed by atoms with van der Waals surface area (Å²) in [4.78, 5) is 13.2. The first kappa shape index (κ1) is 70.6. The van der Waals surface area contributed by atoms with E-state index < -0.39 is 74.2 Å². The smallest absolute Gasteiger partial charge is 0.249 e. The number of aliphatic hydroxyl groups excluding tert-OH is 7. The Bertz CT molecular complexity index is 1250. The lowest BCUT2D eigenvalue weighted by molar-refractivity contribution is -0.303. The van der Waals surface area contributed by atoms with Gasteiger partial charge in [-0.25, -0.2) is 0 Å². The summed E-state index contributed by atoms with van der Waals surface area (Å²) < 4.78 is 11.1. The Morgan fingerprint density at radius 2 is 0.811 bits per heavy atom. The van der Waals surface area contributed by atoms with E-state index in [9.17, 15) is 40.5 Å². The highest BCUT2D eigenvalue weighted by Crippen LogP contribution is 2.24. The van der Waals surface area contributed by atoms with E-state index in [1.54, 1.807) is 0 Å². The highest BCUT2D eigenvalue weighted by Gasteiger charge is 2.44. The van der Waals surface area contributed by atoms with Crippen LogP contribution in [0.1, 0.15) is 303 Å². The molecule has 0 aromatic rings. The fourth-order valence-electron chi connectivity index (χ4n) is 10.3. The maximum atomic E-state index is 13.2. The Balaban J connectivity index is 2.25. The lowest BCUT2D eigenvalue weighted by Gasteiger charge is -2.40. The van der Waals surface area contributed by atoms with Gasteiger partial charge in [0.2, 0.25) is 5.91 Å². The first-order valence-electron chi connectivity index (χ1n) is 31.7. The lowest BCUT2D eigenvalue weighted by Crippen LogP contribution is -2.60. The molecular formula is C63H121NO10. The molecule has 1 aliphatic heterocycles. The second-order valence-corrected chi connectivity index (χ2v) is 22.5. The van der Waals surface area contributed by atoms with Crippen molar-refractivity contribution in [3.8, 4) is 0 Å². The largest absolute Gasteiger partial charge is 0.394 e. The lowest BCUT2D eigenvalue weighted by atomic mass is 9.98. The molecule has 11 nitrogen and oxygen atoms in total. The average Bonchev–Trinajstić information content (AvgIpc) is 3.40. The van der Waals surface area contributed by atoms with E-state index in [-0.39, 0.29) is 12.8 Å². The molecule has 11 heteroatoms. The molecule has 9 unspecified atom stereocenters. The molecule has 1 rings (SSSR count). The van der Waals surface area contributed by atoms with Gasteiger partial charge in [0.25, 0.3) is 0 Å². The van der Waals surface area contributed by atoms with Crippen LogP contribution in [0.25, 0.3) is 0 Å². The van der Waals surface area contributed by atoms with E-state index in [0.29, 0.717) is 19.3 Å². The van der Waals surface area contributed by atoms with Gasteiger partial charge in [-0.1, -0.05) is 276 Å². The van der Waals surface area contributed by atoms with Crippen LogP contribution in [0, 0.1) is 0 Å². The quantitative estimate of drug-likeness (QED) is 0.0215. The highest BCUT2D eigenvalue weighted by atomic mass is 16.7. The monoisotopic (exact) mass is 1050 g/mol. The Morgan fingerprint density at radius 1 is 0.459 bits per heavy atom. The third-order valence-electron chi connectivity index (χ3n) is 15.5. The zero-order valence-corrected chi connectivity index (χ0v) is 48.1. The number of unbranched alkanes of at least 4 members (excludes halogenated alkanes) is 39. The van der Waals surface area contributed by atoms with Gasteiger partial charge in [-0.15, -0.1) is 0 Å². The van der Waals surface area contributed by atoms with Crippen molar-refractivity contribution < 1.29 is 50.0 Å². The number of carbonyl (C=O) groups excluding carboxylic acids is 1. The predicted molar refractivity (Wildman–Crippen MR) is 307 cm³/mol. The van der Waals surface area contributed by atoms with Gasteiger partial charge < -0.3 is 50.5 Å². The number of ether oxygens (including phenoxy) is 2. The van der Waals surface area contributed by atoms with E-state index in [0.717, 1.165) is 38.5 Å². The van der Waals surface area contributed by atoms with Crippen LogP contribution in [0.4, 0.5) is 0 Å². The highest BCUT2D eigenvalue weighted by molar-refractivity contribution is 5.80. The fraction of sp³-hybridized carbons (Fsp3) is 0.921. The van der Waals surface area contributed by atoms with Crippen molar-refractivity contribution in [2.24, 2.45) is 0 Å². The number of aliphatic hydroxyl groups is 7. The summed E-state index contributed by atoms with van der Waals surface area (Å²) in [7, 11) is 0. The van der Waals surface area contributed by atoms with Crippen molar-refractivity contribution in [3.63, 3.8) is 0 Å². The minimum absolute atomic E-state index is 0.249. The number of hydrogen-bond acceptors (Lipinski definition) is 10. The van der Waals surface area contributed by atoms with Gasteiger partial charge in [0, 0.05) is 0 Å². The molecule has 1 aliphatic rings. The predicted octanol–water partition coefficient (Wildman–Crippen LogP) is 14.1.